The number of nitrogens with zero attached hydrogens (tertiary/aromatic N) is 3. The van der Waals surface area contributed by atoms with Crippen molar-refractivity contribution >= 4 is 33.7 Å². The van der Waals surface area contributed by atoms with Crippen LogP contribution in [0.2, 0.25) is 5.02 Å². The van der Waals surface area contributed by atoms with Gasteiger partial charge in [-0.3, -0.25) is 0 Å². The topological polar surface area (TPSA) is 71.3 Å². The number of benzene rings is 2. The van der Waals surface area contributed by atoms with E-state index in [1.165, 1.54) is 0 Å². The van der Waals surface area contributed by atoms with Crippen molar-refractivity contribution in [2.75, 3.05) is 13.7 Å². The second-order valence-corrected chi connectivity index (χ2v) is 8.48. The molecule has 0 N–H and O–H groups in total. The minimum absolute atomic E-state index is 0.206. The Hall–Kier alpha value is -2.38. The molecule has 0 aromatic heterocycles. The lowest BCUT2D eigenvalue weighted by atomic mass is 10.1. The van der Waals surface area contributed by atoms with Gasteiger partial charge in [0.2, 0.25) is 0 Å². The van der Waals surface area contributed by atoms with E-state index in [2.05, 4.69) is 9.50 Å². The van der Waals surface area contributed by atoms with Crippen LogP contribution in [0.4, 0.5) is 0 Å². The summed E-state index contributed by atoms with van der Waals surface area (Å²) in [6.07, 6.45) is 1.64. The van der Waals surface area contributed by atoms with Gasteiger partial charge < -0.3 is 4.74 Å². The third kappa shape index (κ3) is 4.14. The molecule has 8 heteroatoms. The Labute approximate surface area is 164 Å². The Morgan fingerprint density at radius 2 is 2.00 bits per heavy atom. The molecule has 0 spiro atoms. The largest absolute Gasteiger partial charge is 0.495 e. The summed E-state index contributed by atoms with van der Waals surface area (Å²) >= 11 is 6.05. The highest BCUT2D eigenvalue weighted by molar-refractivity contribution is 7.90. The van der Waals surface area contributed by atoms with E-state index in [4.69, 9.17) is 16.3 Å². The van der Waals surface area contributed by atoms with E-state index < -0.39 is 10.0 Å². The summed E-state index contributed by atoms with van der Waals surface area (Å²) < 4.78 is 33.9. The molecular formula is C19H20ClN3O3S. The number of methoxy groups -OCH3 is 1. The minimum atomic E-state index is -3.70. The van der Waals surface area contributed by atoms with E-state index >= 15 is 0 Å². The van der Waals surface area contributed by atoms with Crippen LogP contribution in [0.3, 0.4) is 0 Å². The molecule has 0 unspecified atom stereocenters. The van der Waals surface area contributed by atoms with Crippen LogP contribution in [-0.2, 0) is 10.0 Å². The number of hydrogen-bond donors (Lipinski definition) is 0. The Kier molecular flexibility index (Phi) is 5.53. The van der Waals surface area contributed by atoms with Gasteiger partial charge in [0.25, 0.3) is 10.0 Å². The van der Waals surface area contributed by atoms with E-state index in [0.717, 1.165) is 5.56 Å². The van der Waals surface area contributed by atoms with Crippen LogP contribution in [0.1, 0.15) is 25.0 Å². The summed E-state index contributed by atoms with van der Waals surface area (Å²) in [7, 11) is -2.16. The zero-order valence-corrected chi connectivity index (χ0v) is 16.8. The fraction of sp³-hybridized carbons (Fsp3) is 0.263. The number of amidine groups is 1. The number of ether oxygens (including phenoxy) is 1. The van der Waals surface area contributed by atoms with Gasteiger partial charge in [-0.1, -0.05) is 43.6 Å². The normalized spacial score (nSPS) is 15.1. The molecule has 0 amide bonds. The standard InChI is InChI=1S/C19H20ClN3O3S/c1-13(2)12-23(21-11-14-8-9-16(20)17(10-14)26-3)19-15-6-4-5-7-18(15)27(24,25)22-19/h4-11,13H,12H2,1-3H3/b21-11+. The molecule has 6 nitrogen and oxygen atoms in total. The SMILES string of the molecule is COc1cc(/C=N/N(CC(C)C)C2=NS(=O)(=O)c3ccccc32)ccc1Cl. The van der Waals surface area contributed by atoms with Crippen molar-refractivity contribution in [1.82, 2.24) is 5.01 Å². The first-order valence-electron chi connectivity index (χ1n) is 8.41. The van der Waals surface area contributed by atoms with Crippen molar-refractivity contribution in [2.45, 2.75) is 18.7 Å². The maximum absolute atomic E-state index is 12.4. The van der Waals surface area contributed by atoms with Gasteiger partial charge in [0, 0.05) is 12.1 Å². The van der Waals surface area contributed by atoms with Crippen LogP contribution in [0.15, 0.2) is 56.9 Å². The first kappa shape index (κ1) is 19.4. The average Bonchev–Trinajstić information content (AvgIpc) is 2.91. The Bertz CT molecular complexity index is 1020. The zero-order valence-electron chi connectivity index (χ0n) is 15.3. The number of fused-ring (bicyclic) bond motifs is 1. The van der Waals surface area contributed by atoms with Crippen LogP contribution in [0.25, 0.3) is 0 Å². The number of rotatable bonds is 5. The van der Waals surface area contributed by atoms with Gasteiger partial charge in [0.1, 0.15) is 10.6 Å². The van der Waals surface area contributed by atoms with Crippen molar-refractivity contribution < 1.29 is 13.2 Å². The van der Waals surface area contributed by atoms with Gasteiger partial charge in [0.05, 0.1) is 18.3 Å². The highest BCUT2D eigenvalue weighted by Crippen LogP contribution is 2.28. The Balaban J connectivity index is 1.99. The summed E-state index contributed by atoms with van der Waals surface area (Å²) in [6, 6.07) is 12.1. The molecule has 142 valence electrons. The molecular weight excluding hydrogens is 386 g/mol. The van der Waals surface area contributed by atoms with Gasteiger partial charge in [0.15, 0.2) is 5.84 Å². The average molecular weight is 406 g/mol. The van der Waals surface area contributed by atoms with Crippen molar-refractivity contribution in [3.05, 3.63) is 58.6 Å². The summed E-state index contributed by atoms with van der Waals surface area (Å²) in [6.45, 7) is 4.58. The molecule has 0 radical (unpaired) electrons. The highest BCUT2D eigenvalue weighted by Gasteiger charge is 2.31. The molecule has 0 fully saturated rings. The number of hydrazone groups is 1. The van der Waals surface area contributed by atoms with Crippen molar-refractivity contribution in [3.8, 4) is 5.75 Å². The predicted molar refractivity (Wildman–Crippen MR) is 107 cm³/mol. The molecule has 1 aliphatic heterocycles. The number of halogens is 1. The maximum Gasteiger partial charge on any atom is 0.285 e. The van der Waals surface area contributed by atoms with Crippen LogP contribution in [-0.4, -0.2) is 39.1 Å². The third-order valence-electron chi connectivity index (χ3n) is 3.92. The first-order valence-corrected chi connectivity index (χ1v) is 10.2. The quantitative estimate of drug-likeness (QED) is 0.560. The molecule has 0 saturated heterocycles. The minimum Gasteiger partial charge on any atom is -0.495 e. The Morgan fingerprint density at radius 3 is 2.70 bits per heavy atom. The molecule has 27 heavy (non-hydrogen) atoms. The summed E-state index contributed by atoms with van der Waals surface area (Å²) in [5.74, 6) is 1.12. The van der Waals surface area contributed by atoms with Crippen molar-refractivity contribution in [1.29, 1.82) is 0 Å². The first-order chi connectivity index (χ1) is 12.8. The summed E-state index contributed by atoms with van der Waals surface area (Å²) in [4.78, 5) is 0.206. The predicted octanol–water partition coefficient (Wildman–Crippen LogP) is 3.79. The lowest BCUT2D eigenvalue weighted by molar-refractivity contribution is 0.385. The second-order valence-electron chi connectivity index (χ2n) is 6.50. The number of sulfonamides is 1. The molecule has 0 bridgehead atoms. The van der Waals surface area contributed by atoms with Crippen molar-refractivity contribution in [3.63, 3.8) is 0 Å². The van der Waals surface area contributed by atoms with Crippen LogP contribution < -0.4 is 4.74 Å². The van der Waals surface area contributed by atoms with Gasteiger partial charge >= 0.3 is 0 Å². The van der Waals surface area contributed by atoms with E-state index in [9.17, 15) is 8.42 Å². The smallest absolute Gasteiger partial charge is 0.285 e. The summed E-state index contributed by atoms with van der Waals surface area (Å²) in [5.41, 5.74) is 1.34. The van der Waals surface area contributed by atoms with E-state index in [-0.39, 0.29) is 10.8 Å². The third-order valence-corrected chi connectivity index (χ3v) is 5.55. The van der Waals surface area contributed by atoms with Gasteiger partial charge in [-0.05, 0) is 35.7 Å². The molecule has 0 saturated carbocycles. The maximum atomic E-state index is 12.4. The molecule has 2 aromatic rings. The monoisotopic (exact) mass is 405 g/mol. The van der Waals surface area contributed by atoms with E-state index in [1.807, 2.05) is 19.9 Å². The van der Waals surface area contributed by atoms with Gasteiger partial charge in [-0.15, -0.1) is 4.40 Å². The molecule has 0 aliphatic carbocycles. The van der Waals surface area contributed by atoms with Crippen LogP contribution in [0, 0.1) is 5.92 Å². The van der Waals surface area contributed by atoms with E-state index in [1.54, 1.807) is 54.7 Å². The molecule has 0 atom stereocenters. The second kappa shape index (κ2) is 7.70. The van der Waals surface area contributed by atoms with Gasteiger partial charge in [-0.2, -0.15) is 13.5 Å². The number of hydrogen-bond acceptors (Lipinski definition) is 5. The lowest BCUT2D eigenvalue weighted by Gasteiger charge is -2.21. The summed E-state index contributed by atoms with van der Waals surface area (Å²) in [5, 5.41) is 6.63. The van der Waals surface area contributed by atoms with Crippen molar-refractivity contribution in [2.24, 2.45) is 15.4 Å². The fourth-order valence-corrected chi connectivity index (χ4v) is 4.10. The van der Waals surface area contributed by atoms with E-state index in [0.29, 0.717) is 28.7 Å². The van der Waals surface area contributed by atoms with Crippen LogP contribution >= 0.6 is 11.6 Å². The molecule has 3 rings (SSSR count). The van der Waals surface area contributed by atoms with Crippen LogP contribution in [0.5, 0.6) is 5.75 Å². The van der Waals surface area contributed by atoms with Gasteiger partial charge in [-0.25, -0.2) is 5.01 Å². The lowest BCUT2D eigenvalue weighted by Crippen LogP contribution is -2.29. The fourth-order valence-electron chi connectivity index (χ4n) is 2.70. The zero-order chi connectivity index (χ0) is 19.6. The highest BCUT2D eigenvalue weighted by atomic mass is 35.5. The molecule has 2 aromatic carbocycles. The molecule has 1 heterocycles. The Morgan fingerprint density at radius 1 is 1.26 bits per heavy atom. The molecule has 1 aliphatic rings.